The van der Waals surface area contributed by atoms with Crippen LogP contribution in [-0.2, 0) is 0 Å². The van der Waals surface area contributed by atoms with Crippen LogP contribution in [0.2, 0.25) is 0 Å². The van der Waals surface area contributed by atoms with Gasteiger partial charge in [0.25, 0.3) is 0 Å². The minimum Gasteiger partial charge on any atom is -0.389 e. The van der Waals surface area contributed by atoms with Crippen LogP contribution in [-0.4, -0.2) is 69.4 Å². The van der Waals surface area contributed by atoms with E-state index in [2.05, 4.69) is 6.92 Å². The quantitative estimate of drug-likeness (QED) is 0.489. The molecular weight excluding hydrogens is 258 g/mol. The number of rotatable bonds is 8. The van der Waals surface area contributed by atoms with Crippen molar-refractivity contribution >= 4 is 0 Å². The number of likely N-dealkylation sites (tertiary alicyclic amines) is 1. The molecule has 0 aromatic carbocycles. The highest BCUT2D eigenvalue weighted by Crippen LogP contribution is 2.15. The molecule has 20 heavy (non-hydrogen) atoms. The molecule has 0 aliphatic carbocycles. The van der Waals surface area contributed by atoms with E-state index in [-0.39, 0.29) is 0 Å². The van der Waals surface area contributed by atoms with Gasteiger partial charge in [0, 0.05) is 13.1 Å². The van der Waals surface area contributed by atoms with Crippen LogP contribution in [0.5, 0.6) is 0 Å². The van der Waals surface area contributed by atoms with Gasteiger partial charge in [-0.05, 0) is 13.0 Å². The molecule has 1 fully saturated rings. The molecule has 1 aliphatic rings. The normalized spacial score (nSPS) is 32.2. The van der Waals surface area contributed by atoms with Crippen molar-refractivity contribution in [3.05, 3.63) is 0 Å². The van der Waals surface area contributed by atoms with Gasteiger partial charge in [0.1, 0.15) is 12.2 Å². The molecule has 0 unspecified atom stereocenters. The highest BCUT2D eigenvalue weighted by atomic mass is 16.4. The monoisotopic (exact) mass is 289 g/mol. The van der Waals surface area contributed by atoms with Gasteiger partial charge in [0.2, 0.25) is 0 Å². The van der Waals surface area contributed by atoms with Crippen molar-refractivity contribution in [3.8, 4) is 0 Å². The molecule has 0 aromatic rings. The third-order valence-corrected chi connectivity index (χ3v) is 4.11. The molecule has 1 saturated heterocycles. The Morgan fingerprint density at radius 3 is 1.70 bits per heavy atom. The molecule has 5 heteroatoms. The summed E-state index contributed by atoms with van der Waals surface area (Å²) in [5, 5.41) is 38.7. The van der Waals surface area contributed by atoms with Crippen molar-refractivity contribution in [2.45, 2.75) is 76.3 Å². The SMILES string of the molecule is CCCCCCCCCN1C[C@@H](O)[C@@H](O)[C@H](O)[C@@H](O)C1. The lowest BCUT2D eigenvalue weighted by atomic mass is 10.1. The van der Waals surface area contributed by atoms with Gasteiger partial charge in [-0.1, -0.05) is 45.4 Å². The fraction of sp³-hybridized carbons (Fsp3) is 1.00. The first kappa shape index (κ1) is 17.9. The Balaban J connectivity index is 2.19. The first-order valence-corrected chi connectivity index (χ1v) is 8.01. The van der Waals surface area contributed by atoms with Crippen LogP contribution in [0.4, 0.5) is 0 Å². The number of unbranched alkanes of at least 4 members (excludes halogenated alkanes) is 6. The Morgan fingerprint density at radius 1 is 0.750 bits per heavy atom. The van der Waals surface area contributed by atoms with Crippen molar-refractivity contribution in [2.75, 3.05) is 19.6 Å². The lowest BCUT2D eigenvalue weighted by Crippen LogP contribution is -2.43. The maximum Gasteiger partial charge on any atom is 0.110 e. The second-order valence-corrected chi connectivity index (χ2v) is 6.00. The lowest BCUT2D eigenvalue weighted by Gasteiger charge is -2.23. The van der Waals surface area contributed by atoms with E-state index in [1.54, 1.807) is 0 Å². The Labute approximate surface area is 122 Å². The fourth-order valence-corrected chi connectivity index (χ4v) is 2.75. The molecule has 1 aliphatic heterocycles. The Morgan fingerprint density at radius 2 is 1.20 bits per heavy atom. The summed E-state index contributed by atoms with van der Waals surface area (Å²) < 4.78 is 0. The summed E-state index contributed by atoms with van der Waals surface area (Å²) in [5.74, 6) is 0. The molecule has 4 N–H and O–H groups in total. The van der Waals surface area contributed by atoms with Crippen LogP contribution < -0.4 is 0 Å². The standard InChI is InChI=1S/C15H31NO4/c1-2-3-4-5-6-7-8-9-16-10-12(17)14(19)15(20)13(18)11-16/h12-15,17-20H,2-11H2,1H3/t12-,13+,14-,15-/m1/s1. The molecule has 0 aromatic heterocycles. The van der Waals surface area contributed by atoms with Crippen LogP contribution in [0.1, 0.15) is 51.9 Å². The van der Waals surface area contributed by atoms with Gasteiger partial charge in [-0.25, -0.2) is 0 Å². The molecule has 0 radical (unpaired) electrons. The average Bonchev–Trinajstić information content (AvgIpc) is 2.51. The van der Waals surface area contributed by atoms with Crippen LogP contribution in [0.25, 0.3) is 0 Å². The molecule has 0 spiro atoms. The van der Waals surface area contributed by atoms with Crippen LogP contribution in [0.15, 0.2) is 0 Å². The van der Waals surface area contributed by atoms with E-state index in [1.165, 1.54) is 32.1 Å². The highest BCUT2D eigenvalue weighted by molar-refractivity contribution is 4.88. The molecule has 4 atom stereocenters. The third-order valence-electron chi connectivity index (χ3n) is 4.11. The zero-order chi connectivity index (χ0) is 15.0. The van der Waals surface area contributed by atoms with E-state index in [0.717, 1.165) is 19.4 Å². The molecule has 5 nitrogen and oxygen atoms in total. The molecular formula is C15H31NO4. The molecule has 120 valence electrons. The van der Waals surface area contributed by atoms with Crippen LogP contribution >= 0.6 is 0 Å². The van der Waals surface area contributed by atoms with Gasteiger partial charge in [0.05, 0.1) is 12.2 Å². The van der Waals surface area contributed by atoms with Gasteiger partial charge >= 0.3 is 0 Å². The van der Waals surface area contributed by atoms with Crippen molar-refractivity contribution in [3.63, 3.8) is 0 Å². The Kier molecular flexibility index (Phi) is 8.64. The minimum absolute atomic E-state index is 0.311. The lowest BCUT2D eigenvalue weighted by molar-refractivity contribution is -0.0894. The Bertz CT molecular complexity index is 236. The first-order valence-electron chi connectivity index (χ1n) is 8.01. The fourth-order valence-electron chi connectivity index (χ4n) is 2.75. The van der Waals surface area contributed by atoms with Gasteiger partial charge in [-0.15, -0.1) is 0 Å². The minimum atomic E-state index is -1.26. The number of hydrogen-bond donors (Lipinski definition) is 4. The average molecular weight is 289 g/mol. The van der Waals surface area contributed by atoms with Gasteiger partial charge in [0.15, 0.2) is 0 Å². The molecule has 1 heterocycles. The smallest absolute Gasteiger partial charge is 0.110 e. The van der Waals surface area contributed by atoms with E-state index < -0.39 is 24.4 Å². The number of β-amino-alcohol motifs (C(OH)–C–C–N with tert-alkyl or cyclic N) is 2. The summed E-state index contributed by atoms with van der Waals surface area (Å²) in [6.45, 7) is 3.62. The van der Waals surface area contributed by atoms with Crippen molar-refractivity contribution in [1.29, 1.82) is 0 Å². The van der Waals surface area contributed by atoms with Crippen LogP contribution in [0.3, 0.4) is 0 Å². The number of nitrogens with zero attached hydrogens (tertiary/aromatic N) is 1. The molecule has 0 saturated carbocycles. The van der Waals surface area contributed by atoms with Gasteiger partial charge < -0.3 is 20.4 Å². The van der Waals surface area contributed by atoms with Crippen LogP contribution in [0, 0.1) is 0 Å². The van der Waals surface area contributed by atoms with E-state index in [9.17, 15) is 20.4 Å². The molecule has 1 rings (SSSR count). The number of aliphatic hydroxyl groups is 4. The summed E-state index contributed by atoms with van der Waals surface area (Å²) in [5.41, 5.74) is 0. The van der Waals surface area contributed by atoms with E-state index in [4.69, 9.17) is 0 Å². The van der Waals surface area contributed by atoms with E-state index in [1.807, 2.05) is 4.90 Å². The maximum absolute atomic E-state index is 9.75. The first-order chi connectivity index (χ1) is 9.56. The highest BCUT2D eigenvalue weighted by Gasteiger charge is 2.35. The number of aliphatic hydroxyl groups excluding tert-OH is 4. The van der Waals surface area contributed by atoms with Gasteiger partial charge in [-0.2, -0.15) is 0 Å². The summed E-state index contributed by atoms with van der Waals surface area (Å²) >= 11 is 0. The molecule has 0 amide bonds. The molecule has 0 bridgehead atoms. The summed E-state index contributed by atoms with van der Waals surface area (Å²) in [4.78, 5) is 1.93. The van der Waals surface area contributed by atoms with Gasteiger partial charge in [-0.3, -0.25) is 4.90 Å². The van der Waals surface area contributed by atoms with Crippen molar-refractivity contribution < 1.29 is 20.4 Å². The summed E-state index contributed by atoms with van der Waals surface area (Å²) in [7, 11) is 0. The second kappa shape index (κ2) is 9.68. The topological polar surface area (TPSA) is 84.2 Å². The summed E-state index contributed by atoms with van der Waals surface area (Å²) in [6, 6.07) is 0. The van der Waals surface area contributed by atoms with E-state index >= 15 is 0 Å². The zero-order valence-corrected chi connectivity index (χ0v) is 12.6. The Hall–Kier alpha value is -0.200. The summed E-state index contributed by atoms with van der Waals surface area (Å²) in [6.07, 6.45) is 4.03. The predicted molar refractivity (Wildman–Crippen MR) is 78.5 cm³/mol. The maximum atomic E-state index is 9.75. The van der Waals surface area contributed by atoms with Crippen molar-refractivity contribution in [1.82, 2.24) is 4.90 Å². The zero-order valence-electron chi connectivity index (χ0n) is 12.6. The largest absolute Gasteiger partial charge is 0.389 e. The third kappa shape index (κ3) is 6.06. The number of hydrogen-bond acceptors (Lipinski definition) is 5. The predicted octanol–water partition coefficient (Wildman–Crippen LogP) is 0.496. The van der Waals surface area contributed by atoms with E-state index in [0.29, 0.717) is 13.1 Å². The second-order valence-electron chi connectivity index (χ2n) is 6.00. The van der Waals surface area contributed by atoms with Crippen molar-refractivity contribution in [2.24, 2.45) is 0 Å².